The van der Waals surface area contributed by atoms with Crippen LogP contribution in [0.1, 0.15) is 25.5 Å². The van der Waals surface area contributed by atoms with E-state index in [1.807, 2.05) is 36.4 Å². The van der Waals surface area contributed by atoms with E-state index in [-0.39, 0.29) is 24.8 Å². The van der Waals surface area contributed by atoms with Gasteiger partial charge >= 0.3 is 0 Å². The van der Waals surface area contributed by atoms with Crippen LogP contribution in [0.25, 0.3) is 11.3 Å². The third kappa shape index (κ3) is 5.40. The van der Waals surface area contributed by atoms with Gasteiger partial charge in [-0.2, -0.15) is 0 Å². The molecule has 1 saturated heterocycles. The number of hydrogen-bond donors (Lipinski definition) is 1. The Bertz CT molecular complexity index is 618. The Kier molecular flexibility index (Phi) is 9.17. The molecular formula is C18H25Cl3N2O. The van der Waals surface area contributed by atoms with E-state index in [1.54, 1.807) is 0 Å². The summed E-state index contributed by atoms with van der Waals surface area (Å²) in [4.78, 5) is 2.55. The Balaban J connectivity index is 0.00000144. The number of likely N-dealkylation sites (tertiary alicyclic amines) is 1. The van der Waals surface area contributed by atoms with Gasteiger partial charge in [-0.1, -0.05) is 30.7 Å². The predicted octanol–water partition coefficient (Wildman–Crippen LogP) is 5.02. The normalized spacial score (nSPS) is 17.3. The van der Waals surface area contributed by atoms with Gasteiger partial charge in [0.1, 0.15) is 11.5 Å². The quantitative estimate of drug-likeness (QED) is 0.749. The summed E-state index contributed by atoms with van der Waals surface area (Å²) < 4.78 is 5.91. The molecule has 0 saturated carbocycles. The molecule has 0 spiro atoms. The van der Waals surface area contributed by atoms with E-state index in [2.05, 4.69) is 17.1 Å². The summed E-state index contributed by atoms with van der Waals surface area (Å²) >= 11 is 6.03. The topological polar surface area (TPSA) is 28.4 Å². The number of nitrogens with zero attached hydrogens (tertiary/aromatic N) is 1. The minimum Gasteiger partial charge on any atom is -0.460 e. The molecule has 3 nitrogen and oxygen atoms in total. The van der Waals surface area contributed by atoms with Gasteiger partial charge in [0.2, 0.25) is 0 Å². The van der Waals surface area contributed by atoms with Crippen LogP contribution in [0.15, 0.2) is 40.8 Å². The van der Waals surface area contributed by atoms with Gasteiger partial charge in [-0.15, -0.1) is 24.8 Å². The maximum atomic E-state index is 6.03. The highest BCUT2D eigenvalue weighted by Gasteiger charge is 2.22. The summed E-state index contributed by atoms with van der Waals surface area (Å²) in [6.45, 7) is 6.42. The first-order chi connectivity index (χ1) is 10.8. The Labute approximate surface area is 161 Å². The zero-order chi connectivity index (χ0) is 15.4. The summed E-state index contributed by atoms with van der Waals surface area (Å²) in [5.41, 5.74) is 1.02. The predicted molar refractivity (Wildman–Crippen MR) is 106 cm³/mol. The van der Waals surface area contributed by atoms with Crippen LogP contribution < -0.4 is 5.32 Å². The van der Waals surface area contributed by atoms with Crippen molar-refractivity contribution in [1.82, 2.24) is 10.2 Å². The summed E-state index contributed by atoms with van der Waals surface area (Å²) in [6.07, 6.45) is 2.62. The smallest absolute Gasteiger partial charge is 0.134 e. The highest BCUT2D eigenvalue weighted by atomic mass is 35.5. The van der Waals surface area contributed by atoms with Crippen LogP contribution in [0.2, 0.25) is 5.02 Å². The van der Waals surface area contributed by atoms with Crippen molar-refractivity contribution in [3.8, 4) is 11.3 Å². The molecule has 2 heterocycles. The van der Waals surface area contributed by atoms with Crippen molar-refractivity contribution in [3.05, 3.63) is 47.2 Å². The van der Waals surface area contributed by atoms with Gasteiger partial charge in [0.05, 0.1) is 6.54 Å². The molecule has 3 rings (SSSR count). The van der Waals surface area contributed by atoms with E-state index in [0.29, 0.717) is 6.04 Å². The first-order valence-corrected chi connectivity index (χ1v) is 8.43. The summed E-state index contributed by atoms with van der Waals surface area (Å²) in [7, 11) is 0. The van der Waals surface area contributed by atoms with E-state index in [4.69, 9.17) is 16.0 Å². The molecule has 0 bridgehead atoms. The maximum Gasteiger partial charge on any atom is 0.134 e. The fourth-order valence-corrected chi connectivity index (χ4v) is 3.36. The number of rotatable bonds is 6. The summed E-state index contributed by atoms with van der Waals surface area (Å²) in [5, 5.41) is 4.25. The second-order valence-electron chi connectivity index (χ2n) is 5.83. The fraction of sp³-hybridized carbons (Fsp3) is 0.444. The van der Waals surface area contributed by atoms with Crippen LogP contribution in [-0.2, 0) is 6.54 Å². The number of likely N-dealkylation sites (N-methyl/N-ethyl adjacent to an activating group) is 1. The Morgan fingerprint density at radius 2 is 2.08 bits per heavy atom. The average Bonchev–Trinajstić information content (AvgIpc) is 3.16. The van der Waals surface area contributed by atoms with Gasteiger partial charge in [-0.05, 0) is 50.2 Å². The lowest BCUT2D eigenvalue weighted by molar-refractivity contribution is 0.258. The highest BCUT2D eigenvalue weighted by molar-refractivity contribution is 6.30. The number of furan rings is 1. The van der Waals surface area contributed by atoms with Gasteiger partial charge in [-0.3, -0.25) is 4.90 Å². The first kappa shape index (κ1) is 21.3. The van der Waals surface area contributed by atoms with E-state index >= 15 is 0 Å². The minimum absolute atomic E-state index is 0. The highest BCUT2D eigenvalue weighted by Crippen LogP contribution is 2.24. The number of nitrogens with one attached hydrogen (secondary N) is 1. The molecule has 0 amide bonds. The summed E-state index contributed by atoms with van der Waals surface area (Å²) in [6, 6.07) is 12.5. The average molecular weight is 392 g/mol. The molecule has 1 aromatic heterocycles. The molecule has 1 aromatic carbocycles. The second-order valence-corrected chi connectivity index (χ2v) is 6.27. The van der Waals surface area contributed by atoms with Crippen molar-refractivity contribution >= 4 is 36.4 Å². The van der Waals surface area contributed by atoms with Crippen LogP contribution in [0.3, 0.4) is 0 Å². The Morgan fingerprint density at radius 3 is 2.83 bits per heavy atom. The van der Waals surface area contributed by atoms with E-state index in [1.165, 1.54) is 19.4 Å². The molecular weight excluding hydrogens is 367 g/mol. The molecule has 1 aliphatic heterocycles. The number of hydrogen-bond acceptors (Lipinski definition) is 3. The van der Waals surface area contributed by atoms with Crippen molar-refractivity contribution in [1.29, 1.82) is 0 Å². The van der Waals surface area contributed by atoms with Crippen LogP contribution in [0, 0.1) is 0 Å². The molecule has 1 atom stereocenters. The number of benzene rings is 1. The lowest BCUT2D eigenvalue weighted by atomic mass is 10.2. The number of halogens is 3. The van der Waals surface area contributed by atoms with Gasteiger partial charge < -0.3 is 9.73 Å². The standard InChI is InChI=1S/C18H23ClN2O.2ClH/c1-2-21-10-4-7-16(21)12-20-13-17-8-9-18(22-17)14-5-3-6-15(19)11-14;;/h3,5-6,8-9,11,16,20H,2,4,7,10,12-13H2,1H3;2*1H. The minimum atomic E-state index is 0. The largest absolute Gasteiger partial charge is 0.460 e. The van der Waals surface area contributed by atoms with Crippen LogP contribution in [0.5, 0.6) is 0 Å². The fourth-order valence-electron chi connectivity index (χ4n) is 3.17. The van der Waals surface area contributed by atoms with Crippen molar-refractivity contribution in [2.75, 3.05) is 19.6 Å². The molecule has 1 aliphatic rings. The first-order valence-electron chi connectivity index (χ1n) is 8.05. The van der Waals surface area contributed by atoms with Gasteiger partial charge in [0, 0.05) is 23.2 Å². The molecule has 1 unspecified atom stereocenters. The zero-order valence-corrected chi connectivity index (χ0v) is 16.2. The van der Waals surface area contributed by atoms with Gasteiger partial charge in [0.25, 0.3) is 0 Å². The van der Waals surface area contributed by atoms with Gasteiger partial charge in [0.15, 0.2) is 0 Å². The molecule has 6 heteroatoms. The van der Waals surface area contributed by atoms with E-state index < -0.39 is 0 Å². The summed E-state index contributed by atoms with van der Waals surface area (Å²) in [5.74, 6) is 1.84. The molecule has 1 N–H and O–H groups in total. The lowest BCUT2D eigenvalue weighted by Gasteiger charge is -2.22. The Hall–Kier alpha value is -0.710. The van der Waals surface area contributed by atoms with Crippen LogP contribution in [0.4, 0.5) is 0 Å². The van der Waals surface area contributed by atoms with E-state index in [9.17, 15) is 0 Å². The molecule has 134 valence electrons. The van der Waals surface area contributed by atoms with Gasteiger partial charge in [-0.25, -0.2) is 0 Å². The SMILES string of the molecule is CCN1CCCC1CNCc1ccc(-c2cccc(Cl)c2)o1.Cl.Cl. The molecule has 0 aliphatic carbocycles. The second kappa shape index (κ2) is 10.3. The Morgan fingerprint density at radius 1 is 1.25 bits per heavy atom. The zero-order valence-electron chi connectivity index (χ0n) is 13.8. The van der Waals surface area contributed by atoms with Crippen molar-refractivity contribution in [2.24, 2.45) is 0 Å². The van der Waals surface area contributed by atoms with Crippen molar-refractivity contribution in [2.45, 2.75) is 32.4 Å². The molecule has 2 aromatic rings. The van der Waals surface area contributed by atoms with Crippen LogP contribution >= 0.6 is 36.4 Å². The molecule has 0 radical (unpaired) electrons. The molecule has 24 heavy (non-hydrogen) atoms. The third-order valence-corrected chi connectivity index (χ3v) is 4.59. The monoisotopic (exact) mass is 390 g/mol. The third-order valence-electron chi connectivity index (χ3n) is 4.36. The van der Waals surface area contributed by atoms with E-state index in [0.717, 1.165) is 41.7 Å². The van der Waals surface area contributed by atoms with Crippen molar-refractivity contribution < 1.29 is 4.42 Å². The van der Waals surface area contributed by atoms with Crippen LogP contribution in [-0.4, -0.2) is 30.6 Å². The molecule has 1 fully saturated rings. The lowest BCUT2D eigenvalue weighted by Crippen LogP contribution is -2.37. The maximum absolute atomic E-state index is 6.03. The van der Waals surface area contributed by atoms with Crippen molar-refractivity contribution in [3.63, 3.8) is 0 Å².